The highest BCUT2D eigenvalue weighted by atomic mass is 15.2. The van der Waals surface area contributed by atoms with E-state index >= 15 is 0 Å². The molecule has 1 heterocycles. The molecular weight excluding hydrogens is 170 g/mol. The molecule has 1 saturated heterocycles. The lowest BCUT2D eigenvalue weighted by molar-refractivity contribution is 0.0995. The SMILES string of the molecule is CC1(C)CCC(N2CC[CH]CC2)CC1. The van der Waals surface area contributed by atoms with Crippen molar-refractivity contribution in [3.8, 4) is 0 Å². The van der Waals surface area contributed by atoms with E-state index in [2.05, 4.69) is 25.2 Å². The molecule has 0 aromatic rings. The molecule has 0 aromatic heterocycles. The summed E-state index contributed by atoms with van der Waals surface area (Å²) in [5, 5.41) is 0. The van der Waals surface area contributed by atoms with E-state index in [0.717, 1.165) is 6.04 Å². The van der Waals surface area contributed by atoms with Crippen molar-refractivity contribution in [3.05, 3.63) is 6.42 Å². The Kier molecular flexibility index (Phi) is 3.16. The van der Waals surface area contributed by atoms with Gasteiger partial charge in [0.25, 0.3) is 0 Å². The summed E-state index contributed by atoms with van der Waals surface area (Å²) in [6.45, 7) is 7.50. The topological polar surface area (TPSA) is 3.24 Å². The maximum Gasteiger partial charge on any atom is 0.00956 e. The molecule has 1 saturated carbocycles. The summed E-state index contributed by atoms with van der Waals surface area (Å²) in [4.78, 5) is 2.73. The van der Waals surface area contributed by atoms with Crippen molar-refractivity contribution in [2.45, 2.75) is 58.4 Å². The minimum atomic E-state index is 0.623. The van der Waals surface area contributed by atoms with Crippen LogP contribution >= 0.6 is 0 Å². The summed E-state index contributed by atoms with van der Waals surface area (Å²) in [5.41, 5.74) is 0.623. The lowest BCUT2D eigenvalue weighted by Gasteiger charge is -2.41. The summed E-state index contributed by atoms with van der Waals surface area (Å²) in [6.07, 6.45) is 10.8. The Morgan fingerprint density at radius 1 is 1.07 bits per heavy atom. The first-order valence-corrected chi connectivity index (χ1v) is 6.23. The van der Waals surface area contributed by atoms with E-state index in [-0.39, 0.29) is 0 Å². The predicted octanol–water partition coefficient (Wildman–Crippen LogP) is 3.26. The van der Waals surface area contributed by atoms with Gasteiger partial charge in [0.1, 0.15) is 0 Å². The van der Waals surface area contributed by atoms with Gasteiger partial charge in [-0.15, -0.1) is 0 Å². The van der Waals surface area contributed by atoms with E-state index in [4.69, 9.17) is 0 Å². The first-order chi connectivity index (χ1) is 6.67. The lowest BCUT2D eigenvalue weighted by atomic mass is 9.75. The maximum absolute atomic E-state index is 2.73. The van der Waals surface area contributed by atoms with Crippen LogP contribution in [0.15, 0.2) is 0 Å². The predicted molar refractivity (Wildman–Crippen MR) is 61.1 cm³/mol. The van der Waals surface area contributed by atoms with Crippen molar-refractivity contribution < 1.29 is 0 Å². The largest absolute Gasteiger partial charge is 0.300 e. The smallest absolute Gasteiger partial charge is 0.00956 e. The molecule has 0 atom stereocenters. The Hall–Kier alpha value is -0.0400. The normalized spacial score (nSPS) is 30.4. The standard InChI is InChI=1S/C13H24N/c1-13(2)8-6-12(7-9-13)14-10-4-3-5-11-14/h3,12H,4-11H2,1-2H3. The van der Waals surface area contributed by atoms with Gasteiger partial charge in [-0.05, 0) is 63.5 Å². The first kappa shape index (κ1) is 10.5. The number of hydrogen-bond acceptors (Lipinski definition) is 1. The van der Waals surface area contributed by atoms with Gasteiger partial charge in [0.15, 0.2) is 0 Å². The zero-order valence-corrected chi connectivity index (χ0v) is 9.76. The molecule has 0 spiro atoms. The van der Waals surface area contributed by atoms with E-state index in [1.807, 2.05) is 0 Å². The van der Waals surface area contributed by atoms with Crippen molar-refractivity contribution in [2.24, 2.45) is 5.41 Å². The molecule has 0 aromatic carbocycles. The Labute approximate surface area is 88.9 Å². The minimum absolute atomic E-state index is 0.623. The number of nitrogens with zero attached hydrogens (tertiary/aromatic N) is 1. The minimum Gasteiger partial charge on any atom is -0.300 e. The van der Waals surface area contributed by atoms with Crippen molar-refractivity contribution in [3.63, 3.8) is 0 Å². The molecule has 1 aliphatic heterocycles. The van der Waals surface area contributed by atoms with E-state index in [0.29, 0.717) is 5.41 Å². The molecule has 0 bridgehead atoms. The summed E-state index contributed by atoms with van der Waals surface area (Å²) >= 11 is 0. The van der Waals surface area contributed by atoms with Crippen LogP contribution in [0.3, 0.4) is 0 Å². The molecule has 81 valence electrons. The highest BCUT2D eigenvalue weighted by Gasteiger charge is 2.30. The number of likely N-dealkylation sites (tertiary alicyclic amines) is 1. The van der Waals surface area contributed by atoms with E-state index < -0.39 is 0 Å². The maximum atomic E-state index is 2.73. The average Bonchev–Trinajstić information content (AvgIpc) is 2.19. The van der Waals surface area contributed by atoms with Crippen LogP contribution in [0.25, 0.3) is 0 Å². The fraction of sp³-hybridized carbons (Fsp3) is 0.923. The molecule has 2 rings (SSSR count). The van der Waals surface area contributed by atoms with Crippen LogP contribution in [0.5, 0.6) is 0 Å². The summed E-state index contributed by atoms with van der Waals surface area (Å²) in [7, 11) is 0. The van der Waals surface area contributed by atoms with Gasteiger partial charge in [-0.2, -0.15) is 0 Å². The lowest BCUT2D eigenvalue weighted by Crippen LogP contribution is -2.42. The Balaban J connectivity index is 1.82. The second-order valence-electron chi connectivity index (χ2n) is 5.80. The number of rotatable bonds is 1. The molecule has 0 unspecified atom stereocenters. The zero-order valence-electron chi connectivity index (χ0n) is 9.76. The van der Waals surface area contributed by atoms with Gasteiger partial charge in [-0.3, -0.25) is 0 Å². The molecular formula is C13H24N. The van der Waals surface area contributed by atoms with Gasteiger partial charge < -0.3 is 4.90 Å². The van der Waals surface area contributed by atoms with Crippen molar-refractivity contribution in [1.82, 2.24) is 4.90 Å². The summed E-state index contributed by atoms with van der Waals surface area (Å²) in [5.74, 6) is 0. The van der Waals surface area contributed by atoms with E-state index in [9.17, 15) is 0 Å². The summed E-state index contributed by atoms with van der Waals surface area (Å²) < 4.78 is 0. The molecule has 2 fully saturated rings. The van der Waals surface area contributed by atoms with Crippen LogP contribution in [0.2, 0.25) is 0 Å². The van der Waals surface area contributed by atoms with Crippen LogP contribution < -0.4 is 0 Å². The molecule has 1 nitrogen and oxygen atoms in total. The van der Waals surface area contributed by atoms with Gasteiger partial charge in [-0.25, -0.2) is 0 Å². The van der Waals surface area contributed by atoms with Crippen LogP contribution in [0.4, 0.5) is 0 Å². The summed E-state index contributed by atoms with van der Waals surface area (Å²) in [6, 6.07) is 0.914. The second kappa shape index (κ2) is 4.22. The third-order valence-corrected chi connectivity index (χ3v) is 4.07. The Morgan fingerprint density at radius 3 is 2.21 bits per heavy atom. The van der Waals surface area contributed by atoms with Gasteiger partial charge in [-0.1, -0.05) is 13.8 Å². The molecule has 0 N–H and O–H groups in total. The van der Waals surface area contributed by atoms with Crippen LogP contribution in [-0.4, -0.2) is 24.0 Å². The van der Waals surface area contributed by atoms with Gasteiger partial charge in [0.2, 0.25) is 0 Å². The van der Waals surface area contributed by atoms with Gasteiger partial charge >= 0.3 is 0 Å². The van der Waals surface area contributed by atoms with Crippen molar-refractivity contribution >= 4 is 0 Å². The van der Waals surface area contributed by atoms with Crippen LogP contribution in [-0.2, 0) is 0 Å². The molecule has 2 aliphatic rings. The second-order valence-corrected chi connectivity index (χ2v) is 5.80. The van der Waals surface area contributed by atoms with Gasteiger partial charge in [0, 0.05) is 6.04 Å². The van der Waals surface area contributed by atoms with E-state index in [1.165, 1.54) is 51.6 Å². The molecule has 0 amide bonds. The monoisotopic (exact) mass is 194 g/mol. The number of hydrogen-bond donors (Lipinski definition) is 0. The number of piperidine rings is 1. The molecule has 1 aliphatic carbocycles. The fourth-order valence-corrected chi connectivity index (χ4v) is 2.88. The average molecular weight is 194 g/mol. The van der Waals surface area contributed by atoms with E-state index in [1.54, 1.807) is 0 Å². The Morgan fingerprint density at radius 2 is 1.64 bits per heavy atom. The van der Waals surface area contributed by atoms with Crippen LogP contribution in [0.1, 0.15) is 52.4 Å². The quantitative estimate of drug-likeness (QED) is 0.619. The van der Waals surface area contributed by atoms with Crippen molar-refractivity contribution in [1.29, 1.82) is 0 Å². The highest BCUT2D eigenvalue weighted by molar-refractivity contribution is 4.87. The first-order valence-electron chi connectivity index (χ1n) is 6.23. The molecule has 1 heteroatoms. The third kappa shape index (κ3) is 2.50. The molecule has 14 heavy (non-hydrogen) atoms. The van der Waals surface area contributed by atoms with Gasteiger partial charge in [0.05, 0.1) is 0 Å². The van der Waals surface area contributed by atoms with Crippen LogP contribution in [0, 0.1) is 11.8 Å². The molecule has 1 radical (unpaired) electrons. The zero-order chi connectivity index (χ0) is 10.0. The third-order valence-electron chi connectivity index (χ3n) is 4.07. The fourth-order valence-electron chi connectivity index (χ4n) is 2.88. The Bertz CT molecular complexity index is 170. The highest BCUT2D eigenvalue weighted by Crippen LogP contribution is 2.37. The van der Waals surface area contributed by atoms with Crippen molar-refractivity contribution in [2.75, 3.05) is 13.1 Å².